The Balaban J connectivity index is 1.78. The fraction of sp³-hybridized carbons (Fsp3) is 0.333. The lowest BCUT2D eigenvalue weighted by Crippen LogP contribution is -2.24. The molecule has 4 rings (SSSR count). The van der Waals surface area contributed by atoms with Crippen LogP contribution in [0.5, 0.6) is 11.5 Å². The van der Waals surface area contributed by atoms with Crippen molar-refractivity contribution in [3.63, 3.8) is 0 Å². The molecule has 1 aliphatic carbocycles. The summed E-state index contributed by atoms with van der Waals surface area (Å²) in [5, 5.41) is 0. The highest BCUT2D eigenvalue weighted by atomic mass is 16.5. The number of methoxy groups -OCH3 is 2. The minimum absolute atomic E-state index is 0.0401. The molecular weight excluding hydrogens is 330 g/mol. The number of rotatable bonds is 4. The van der Waals surface area contributed by atoms with Gasteiger partial charge in [-0.1, -0.05) is 12.1 Å². The molecule has 2 aromatic carbocycles. The normalized spacial score (nSPS) is 19.0. The third kappa shape index (κ3) is 2.64. The van der Waals surface area contributed by atoms with Gasteiger partial charge in [-0.25, -0.2) is 0 Å². The van der Waals surface area contributed by atoms with Crippen molar-refractivity contribution in [3.8, 4) is 11.5 Å². The molecule has 134 valence electrons. The molecule has 1 heterocycles. The Labute approximate surface area is 152 Å². The molecule has 1 aliphatic heterocycles. The number of carbonyl (C=O) groups is 2. The highest BCUT2D eigenvalue weighted by molar-refractivity contribution is 6.05. The SMILES string of the molecule is COc1ccc(C2CC(=O)c3cc(N4CCCC4=O)cc(OC)c32)cc1. The molecule has 26 heavy (non-hydrogen) atoms. The number of nitrogens with zero attached hydrogens (tertiary/aromatic N) is 1. The van der Waals surface area contributed by atoms with Crippen molar-refractivity contribution < 1.29 is 19.1 Å². The molecule has 2 aromatic rings. The molecule has 1 unspecified atom stereocenters. The van der Waals surface area contributed by atoms with Crippen molar-refractivity contribution in [2.45, 2.75) is 25.2 Å². The van der Waals surface area contributed by atoms with Gasteiger partial charge < -0.3 is 14.4 Å². The zero-order valence-corrected chi connectivity index (χ0v) is 15.0. The van der Waals surface area contributed by atoms with Crippen LogP contribution < -0.4 is 14.4 Å². The van der Waals surface area contributed by atoms with Crippen molar-refractivity contribution in [2.75, 3.05) is 25.7 Å². The van der Waals surface area contributed by atoms with Gasteiger partial charge in [0.1, 0.15) is 11.5 Å². The number of benzene rings is 2. The summed E-state index contributed by atoms with van der Waals surface area (Å²) in [5.74, 6) is 1.61. The molecule has 0 bridgehead atoms. The summed E-state index contributed by atoms with van der Waals surface area (Å²) in [6.07, 6.45) is 1.82. The third-order valence-corrected chi connectivity index (χ3v) is 5.29. The Hall–Kier alpha value is -2.82. The first-order valence-electron chi connectivity index (χ1n) is 8.82. The van der Waals surface area contributed by atoms with Crippen molar-refractivity contribution >= 4 is 17.4 Å². The second-order valence-corrected chi connectivity index (χ2v) is 6.71. The zero-order valence-electron chi connectivity index (χ0n) is 15.0. The van der Waals surface area contributed by atoms with Crippen molar-refractivity contribution in [1.82, 2.24) is 0 Å². The number of hydrogen-bond acceptors (Lipinski definition) is 4. The Morgan fingerprint density at radius 1 is 1.04 bits per heavy atom. The second-order valence-electron chi connectivity index (χ2n) is 6.71. The fourth-order valence-electron chi connectivity index (χ4n) is 3.97. The van der Waals surface area contributed by atoms with Gasteiger partial charge in [0, 0.05) is 48.2 Å². The van der Waals surface area contributed by atoms with Crippen LogP contribution >= 0.6 is 0 Å². The van der Waals surface area contributed by atoms with Crippen LogP contribution in [0.2, 0.25) is 0 Å². The molecule has 0 radical (unpaired) electrons. The quantitative estimate of drug-likeness (QED) is 0.845. The summed E-state index contributed by atoms with van der Waals surface area (Å²) in [4.78, 5) is 26.5. The summed E-state index contributed by atoms with van der Waals surface area (Å²) in [5.41, 5.74) is 3.39. The van der Waals surface area contributed by atoms with Crippen molar-refractivity contribution in [3.05, 3.63) is 53.1 Å². The second kappa shape index (κ2) is 6.48. The number of hydrogen-bond donors (Lipinski definition) is 0. The smallest absolute Gasteiger partial charge is 0.227 e. The van der Waals surface area contributed by atoms with Crippen LogP contribution in [-0.4, -0.2) is 32.5 Å². The molecule has 0 saturated carbocycles. The van der Waals surface area contributed by atoms with E-state index in [0.29, 0.717) is 30.7 Å². The molecule has 0 N–H and O–H groups in total. The van der Waals surface area contributed by atoms with E-state index in [9.17, 15) is 9.59 Å². The maximum atomic E-state index is 12.7. The highest BCUT2D eigenvalue weighted by Gasteiger charge is 2.35. The van der Waals surface area contributed by atoms with Crippen LogP contribution in [0, 0.1) is 0 Å². The number of carbonyl (C=O) groups excluding carboxylic acids is 2. The summed E-state index contributed by atoms with van der Waals surface area (Å²) < 4.78 is 10.8. The first-order valence-corrected chi connectivity index (χ1v) is 8.82. The van der Waals surface area contributed by atoms with E-state index < -0.39 is 0 Å². The highest BCUT2D eigenvalue weighted by Crippen LogP contribution is 2.45. The van der Waals surface area contributed by atoms with E-state index in [-0.39, 0.29) is 17.6 Å². The van der Waals surface area contributed by atoms with E-state index in [1.807, 2.05) is 36.4 Å². The lowest BCUT2D eigenvalue weighted by atomic mass is 9.92. The van der Waals surface area contributed by atoms with Crippen molar-refractivity contribution in [1.29, 1.82) is 0 Å². The molecule has 5 nitrogen and oxygen atoms in total. The summed E-state index contributed by atoms with van der Waals surface area (Å²) >= 11 is 0. The van der Waals surface area contributed by atoms with Crippen LogP contribution in [0.15, 0.2) is 36.4 Å². The molecule has 0 spiro atoms. The number of anilines is 1. The lowest BCUT2D eigenvalue weighted by Gasteiger charge is -2.20. The summed E-state index contributed by atoms with van der Waals surface area (Å²) in [6.45, 7) is 0.691. The van der Waals surface area contributed by atoms with E-state index in [2.05, 4.69) is 0 Å². The monoisotopic (exact) mass is 351 g/mol. The summed E-state index contributed by atoms with van der Waals surface area (Å²) in [6, 6.07) is 11.5. The van der Waals surface area contributed by atoms with E-state index in [4.69, 9.17) is 9.47 Å². The third-order valence-electron chi connectivity index (χ3n) is 5.29. The van der Waals surface area contributed by atoms with Gasteiger partial charge in [-0.2, -0.15) is 0 Å². The van der Waals surface area contributed by atoms with Gasteiger partial charge in [-0.3, -0.25) is 9.59 Å². The molecule has 1 amide bonds. The summed E-state index contributed by atoms with van der Waals surface area (Å²) in [7, 11) is 3.24. The Morgan fingerprint density at radius 3 is 2.42 bits per heavy atom. The molecule has 1 fully saturated rings. The number of amides is 1. The Bertz CT molecular complexity index is 872. The maximum absolute atomic E-state index is 12.7. The van der Waals surface area contributed by atoms with E-state index in [1.165, 1.54) is 0 Å². The van der Waals surface area contributed by atoms with Crippen molar-refractivity contribution in [2.24, 2.45) is 0 Å². The van der Waals surface area contributed by atoms with Gasteiger partial charge in [-0.15, -0.1) is 0 Å². The van der Waals surface area contributed by atoms with E-state index in [0.717, 1.165) is 29.0 Å². The predicted octanol–water partition coefficient (Wildman–Crippen LogP) is 3.55. The van der Waals surface area contributed by atoms with Gasteiger partial charge >= 0.3 is 0 Å². The average molecular weight is 351 g/mol. The number of ketones is 1. The zero-order chi connectivity index (χ0) is 18.3. The fourth-order valence-corrected chi connectivity index (χ4v) is 3.97. The standard InChI is InChI=1S/C21H21NO4/c1-25-15-7-5-13(6-8-15)16-12-18(23)17-10-14(11-19(26-2)21(16)17)22-9-3-4-20(22)24/h5-8,10-11,16H,3-4,9,12H2,1-2H3. The van der Waals surface area contributed by atoms with E-state index >= 15 is 0 Å². The van der Waals surface area contributed by atoms with Crippen LogP contribution in [-0.2, 0) is 4.79 Å². The maximum Gasteiger partial charge on any atom is 0.227 e. The van der Waals surface area contributed by atoms with Crippen LogP contribution in [0.1, 0.15) is 46.7 Å². The molecule has 5 heteroatoms. The minimum atomic E-state index is -0.0401. The van der Waals surface area contributed by atoms with Gasteiger partial charge in [0.05, 0.1) is 14.2 Å². The molecular formula is C21H21NO4. The van der Waals surface area contributed by atoms with Crippen LogP contribution in [0.3, 0.4) is 0 Å². The van der Waals surface area contributed by atoms with Gasteiger partial charge in [0.2, 0.25) is 5.91 Å². The number of Topliss-reactive ketones (excluding diaryl/α,β-unsaturated/α-hetero) is 1. The number of fused-ring (bicyclic) bond motifs is 1. The molecule has 0 aromatic heterocycles. The predicted molar refractivity (Wildman–Crippen MR) is 98.4 cm³/mol. The van der Waals surface area contributed by atoms with Gasteiger partial charge in [0.25, 0.3) is 0 Å². The Morgan fingerprint density at radius 2 is 1.81 bits per heavy atom. The number of ether oxygens (including phenoxy) is 2. The first-order chi connectivity index (χ1) is 12.6. The van der Waals surface area contributed by atoms with E-state index in [1.54, 1.807) is 19.1 Å². The lowest BCUT2D eigenvalue weighted by molar-refractivity contribution is -0.117. The van der Waals surface area contributed by atoms with Gasteiger partial charge in [-0.05, 0) is 30.2 Å². The van der Waals surface area contributed by atoms with Crippen LogP contribution in [0.25, 0.3) is 0 Å². The van der Waals surface area contributed by atoms with Crippen LogP contribution in [0.4, 0.5) is 5.69 Å². The largest absolute Gasteiger partial charge is 0.497 e. The Kier molecular flexibility index (Phi) is 4.15. The average Bonchev–Trinajstić information content (AvgIpc) is 3.24. The topological polar surface area (TPSA) is 55.8 Å². The minimum Gasteiger partial charge on any atom is -0.497 e. The van der Waals surface area contributed by atoms with Gasteiger partial charge in [0.15, 0.2) is 5.78 Å². The molecule has 1 saturated heterocycles. The first kappa shape index (κ1) is 16.6. The molecule has 2 aliphatic rings. The molecule has 1 atom stereocenters.